The van der Waals surface area contributed by atoms with Gasteiger partial charge in [0.2, 0.25) is 5.91 Å². The lowest BCUT2D eigenvalue weighted by molar-refractivity contribution is -0.141. The second kappa shape index (κ2) is 6.74. The SMILES string of the molecule is CC(C)C(C(=O)N[C@H]1CC[C@@H](C(=O)O)C1)c1ccccc1. The van der Waals surface area contributed by atoms with Crippen molar-refractivity contribution in [1.29, 1.82) is 0 Å². The van der Waals surface area contributed by atoms with Gasteiger partial charge in [-0.3, -0.25) is 9.59 Å². The van der Waals surface area contributed by atoms with Gasteiger partial charge in [-0.15, -0.1) is 0 Å². The molecule has 0 spiro atoms. The first-order valence-corrected chi connectivity index (χ1v) is 7.57. The molecular formula is C17H23NO3. The number of hydrogen-bond acceptors (Lipinski definition) is 2. The number of benzene rings is 1. The van der Waals surface area contributed by atoms with E-state index in [4.69, 9.17) is 5.11 Å². The predicted octanol–water partition coefficient (Wildman–Crippen LogP) is 2.80. The monoisotopic (exact) mass is 289 g/mol. The van der Waals surface area contributed by atoms with Crippen LogP contribution in [0.2, 0.25) is 0 Å². The molecule has 2 N–H and O–H groups in total. The molecule has 1 aliphatic carbocycles. The largest absolute Gasteiger partial charge is 0.481 e. The van der Waals surface area contributed by atoms with Gasteiger partial charge in [-0.05, 0) is 30.7 Å². The molecule has 2 rings (SSSR count). The third-order valence-corrected chi connectivity index (χ3v) is 4.24. The highest BCUT2D eigenvalue weighted by molar-refractivity contribution is 5.84. The molecule has 0 aliphatic heterocycles. The van der Waals surface area contributed by atoms with Gasteiger partial charge in [-0.1, -0.05) is 44.2 Å². The summed E-state index contributed by atoms with van der Waals surface area (Å²) in [6.45, 7) is 4.07. The average Bonchev–Trinajstić information content (AvgIpc) is 2.88. The van der Waals surface area contributed by atoms with E-state index in [2.05, 4.69) is 5.32 Å². The lowest BCUT2D eigenvalue weighted by Gasteiger charge is -2.23. The fourth-order valence-electron chi connectivity index (χ4n) is 3.13. The zero-order chi connectivity index (χ0) is 15.4. The van der Waals surface area contributed by atoms with Crippen LogP contribution in [0.15, 0.2) is 30.3 Å². The minimum Gasteiger partial charge on any atom is -0.481 e. The van der Waals surface area contributed by atoms with Gasteiger partial charge < -0.3 is 10.4 Å². The fourth-order valence-corrected chi connectivity index (χ4v) is 3.13. The van der Waals surface area contributed by atoms with Gasteiger partial charge in [-0.25, -0.2) is 0 Å². The molecule has 1 unspecified atom stereocenters. The molecule has 1 amide bonds. The van der Waals surface area contributed by atoms with Gasteiger partial charge in [0, 0.05) is 6.04 Å². The summed E-state index contributed by atoms with van der Waals surface area (Å²) < 4.78 is 0. The lowest BCUT2D eigenvalue weighted by Crippen LogP contribution is -2.38. The number of amides is 1. The summed E-state index contributed by atoms with van der Waals surface area (Å²) >= 11 is 0. The van der Waals surface area contributed by atoms with Gasteiger partial charge >= 0.3 is 5.97 Å². The van der Waals surface area contributed by atoms with Gasteiger partial charge in [-0.2, -0.15) is 0 Å². The van der Waals surface area contributed by atoms with E-state index in [-0.39, 0.29) is 29.7 Å². The molecule has 0 heterocycles. The molecule has 0 bridgehead atoms. The molecule has 1 aliphatic rings. The summed E-state index contributed by atoms with van der Waals surface area (Å²) in [5.74, 6) is -1.05. The van der Waals surface area contributed by atoms with Crippen LogP contribution in [0, 0.1) is 11.8 Å². The number of carboxylic acids is 1. The molecule has 0 radical (unpaired) electrons. The fraction of sp³-hybridized carbons (Fsp3) is 0.529. The minimum absolute atomic E-state index is 0.00670. The van der Waals surface area contributed by atoms with E-state index >= 15 is 0 Å². The Labute approximate surface area is 125 Å². The van der Waals surface area contributed by atoms with Crippen LogP contribution >= 0.6 is 0 Å². The predicted molar refractivity (Wildman–Crippen MR) is 80.9 cm³/mol. The Morgan fingerprint density at radius 2 is 1.86 bits per heavy atom. The Bertz CT molecular complexity index is 498. The van der Waals surface area contributed by atoms with E-state index in [0.29, 0.717) is 12.8 Å². The van der Waals surface area contributed by atoms with Crippen LogP contribution in [0.1, 0.15) is 44.6 Å². The van der Waals surface area contributed by atoms with Crippen molar-refractivity contribution in [2.45, 2.75) is 45.1 Å². The van der Waals surface area contributed by atoms with Crippen LogP contribution in [0.4, 0.5) is 0 Å². The van der Waals surface area contributed by atoms with Crippen molar-refractivity contribution in [2.24, 2.45) is 11.8 Å². The topological polar surface area (TPSA) is 66.4 Å². The highest BCUT2D eigenvalue weighted by atomic mass is 16.4. The molecule has 1 aromatic rings. The summed E-state index contributed by atoms with van der Waals surface area (Å²) in [7, 11) is 0. The first kappa shape index (κ1) is 15.5. The molecule has 21 heavy (non-hydrogen) atoms. The number of carbonyl (C=O) groups excluding carboxylic acids is 1. The second-order valence-corrected chi connectivity index (χ2v) is 6.19. The number of aliphatic carboxylic acids is 1. The van der Waals surface area contributed by atoms with Crippen LogP contribution in [0.5, 0.6) is 0 Å². The molecule has 1 aromatic carbocycles. The van der Waals surface area contributed by atoms with Crippen molar-refractivity contribution >= 4 is 11.9 Å². The first-order chi connectivity index (χ1) is 9.99. The van der Waals surface area contributed by atoms with E-state index in [1.54, 1.807) is 0 Å². The van der Waals surface area contributed by atoms with Gasteiger partial charge in [0.1, 0.15) is 0 Å². The Morgan fingerprint density at radius 1 is 1.19 bits per heavy atom. The third-order valence-electron chi connectivity index (χ3n) is 4.24. The zero-order valence-corrected chi connectivity index (χ0v) is 12.6. The maximum atomic E-state index is 12.6. The average molecular weight is 289 g/mol. The highest BCUT2D eigenvalue weighted by Crippen LogP contribution is 2.28. The summed E-state index contributed by atoms with van der Waals surface area (Å²) in [6.07, 6.45) is 1.95. The number of rotatable bonds is 5. The number of carbonyl (C=O) groups is 2. The molecular weight excluding hydrogens is 266 g/mol. The van der Waals surface area contributed by atoms with Crippen molar-refractivity contribution in [1.82, 2.24) is 5.32 Å². The minimum atomic E-state index is -0.754. The zero-order valence-electron chi connectivity index (χ0n) is 12.6. The Kier molecular flexibility index (Phi) is 4.99. The van der Waals surface area contributed by atoms with Crippen LogP contribution in [0.25, 0.3) is 0 Å². The van der Waals surface area contributed by atoms with Gasteiger partial charge in [0.15, 0.2) is 0 Å². The van der Waals surface area contributed by atoms with E-state index in [0.717, 1.165) is 12.0 Å². The quantitative estimate of drug-likeness (QED) is 0.876. The van der Waals surface area contributed by atoms with E-state index in [1.165, 1.54) is 0 Å². The molecule has 0 saturated heterocycles. The molecule has 0 aromatic heterocycles. The van der Waals surface area contributed by atoms with Crippen molar-refractivity contribution in [3.05, 3.63) is 35.9 Å². The first-order valence-electron chi connectivity index (χ1n) is 7.57. The summed E-state index contributed by atoms with van der Waals surface area (Å²) in [6, 6.07) is 9.75. The van der Waals surface area contributed by atoms with Crippen molar-refractivity contribution in [2.75, 3.05) is 0 Å². The summed E-state index contributed by atoms with van der Waals surface area (Å²) in [5, 5.41) is 12.1. The number of carboxylic acid groups (broad SMARTS) is 1. The third kappa shape index (κ3) is 3.84. The second-order valence-electron chi connectivity index (χ2n) is 6.19. The molecule has 4 nitrogen and oxygen atoms in total. The maximum Gasteiger partial charge on any atom is 0.306 e. The van der Waals surface area contributed by atoms with Crippen LogP contribution in [-0.4, -0.2) is 23.0 Å². The van der Waals surface area contributed by atoms with Crippen LogP contribution in [0.3, 0.4) is 0 Å². The lowest BCUT2D eigenvalue weighted by atomic mass is 9.87. The Balaban J connectivity index is 2.02. The Morgan fingerprint density at radius 3 is 2.38 bits per heavy atom. The smallest absolute Gasteiger partial charge is 0.306 e. The van der Waals surface area contributed by atoms with E-state index in [9.17, 15) is 9.59 Å². The highest BCUT2D eigenvalue weighted by Gasteiger charge is 2.32. The van der Waals surface area contributed by atoms with Crippen molar-refractivity contribution in [3.63, 3.8) is 0 Å². The molecule has 3 atom stereocenters. The summed E-state index contributed by atoms with van der Waals surface area (Å²) in [5.41, 5.74) is 1.01. The van der Waals surface area contributed by atoms with Crippen LogP contribution < -0.4 is 5.32 Å². The number of nitrogens with one attached hydrogen (secondary N) is 1. The Hall–Kier alpha value is -1.84. The molecule has 1 fully saturated rings. The number of hydrogen-bond donors (Lipinski definition) is 2. The molecule has 114 valence electrons. The van der Waals surface area contributed by atoms with E-state index < -0.39 is 5.97 Å². The van der Waals surface area contributed by atoms with Gasteiger partial charge in [0.25, 0.3) is 0 Å². The molecule has 4 heteroatoms. The normalized spacial score (nSPS) is 23.0. The van der Waals surface area contributed by atoms with Crippen molar-refractivity contribution < 1.29 is 14.7 Å². The van der Waals surface area contributed by atoms with Crippen molar-refractivity contribution in [3.8, 4) is 0 Å². The summed E-state index contributed by atoms with van der Waals surface area (Å²) in [4.78, 5) is 23.5. The van der Waals surface area contributed by atoms with E-state index in [1.807, 2.05) is 44.2 Å². The van der Waals surface area contributed by atoms with Gasteiger partial charge in [0.05, 0.1) is 11.8 Å². The maximum absolute atomic E-state index is 12.6. The van der Waals surface area contributed by atoms with Crippen LogP contribution in [-0.2, 0) is 9.59 Å². The standard InChI is InChI=1S/C17H23NO3/c1-11(2)15(12-6-4-3-5-7-12)16(19)18-14-9-8-13(10-14)17(20)21/h3-7,11,13-15H,8-10H2,1-2H3,(H,18,19)(H,20,21)/t13-,14+,15?/m1/s1. The molecule has 1 saturated carbocycles.